The summed E-state index contributed by atoms with van der Waals surface area (Å²) in [6.45, 7) is 5.52. The van der Waals surface area contributed by atoms with Gasteiger partial charge < -0.3 is 5.32 Å². The zero-order valence-corrected chi connectivity index (χ0v) is 15.8. The molecule has 0 saturated carbocycles. The summed E-state index contributed by atoms with van der Waals surface area (Å²) in [7, 11) is 0. The fraction of sp³-hybridized carbons (Fsp3) is 0.263. The lowest BCUT2D eigenvalue weighted by atomic mass is 9.91. The molecule has 3 aromatic rings. The molecule has 1 amide bonds. The number of carbonyl (C=O) groups is 2. The van der Waals surface area contributed by atoms with Crippen LogP contribution in [0.4, 0.5) is 5.69 Å². The van der Waals surface area contributed by atoms with Gasteiger partial charge >= 0.3 is 0 Å². The van der Waals surface area contributed by atoms with Gasteiger partial charge in [0.2, 0.25) is 0 Å². The van der Waals surface area contributed by atoms with Gasteiger partial charge in [0, 0.05) is 22.7 Å². The van der Waals surface area contributed by atoms with Crippen LogP contribution in [0.1, 0.15) is 31.3 Å². The van der Waals surface area contributed by atoms with Crippen LogP contribution in [0, 0.1) is 5.41 Å². The van der Waals surface area contributed by atoms with Crippen molar-refractivity contribution in [1.82, 2.24) is 25.2 Å². The Bertz CT molecular complexity index is 1060. The molecule has 3 rings (SSSR count). The van der Waals surface area contributed by atoms with E-state index in [1.54, 1.807) is 24.3 Å². The van der Waals surface area contributed by atoms with Crippen LogP contribution >= 0.6 is 0 Å². The van der Waals surface area contributed by atoms with Gasteiger partial charge in [0.05, 0.1) is 11.9 Å². The van der Waals surface area contributed by atoms with E-state index in [1.165, 1.54) is 16.9 Å². The van der Waals surface area contributed by atoms with Gasteiger partial charge in [-0.1, -0.05) is 38.1 Å². The summed E-state index contributed by atoms with van der Waals surface area (Å²) >= 11 is 0. The van der Waals surface area contributed by atoms with Gasteiger partial charge in [0.25, 0.3) is 11.5 Å². The predicted molar refractivity (Wildman–Crippen MR) is 103 cm³/mol. The third-order valence-electron chi connectivity index (χ3n) is 4.01. The molecule has 0 saturated heterocycles. The normalized spacial score (nSPS) is 11.2. The first kappa shape index (κ1) is 19.2. The van der Waals surface area contributed by atoms with E-state index in [0.29, 0.717) is 11.4 Å². The Morgan fingerprint density at radius 1 is 1.18 bits per heavy atom. The second-order valence-electron chi connectivity index (χ2n) is 7.32. The highest BCUT2D eigenvalue weighted by Gasteiger charge is 2.22. The van der Waals surface area contributed by atoms with Crippen LogP contribution in [-0.4, -0.2) is 36.9 Å². The number of anilines is 1. The Labute approximate surface area is 160 Å². The topological polar surface area (TPSA) is 123 Å². The first-order chi connectivity index (χ1) is 13.2. The highest BCUT2D eigenvalue weighted by atomic mass is 16.2. The van der Waals surface area contributed by atoms with E-state index >= 15 is 0 Å². The van der Waals surface area contributed by atoms with Crippen LogP contribution in [0.3, 0.4) is 0 Å². The Morgan fingerprint density at radius 2 is 1.96 bits per heavy atom. The molecule has 2 N–H and O–H groups in total. The van der Waals surface area contributed by atoms with Crippen molar-refractivity contribution in [1.29, 1.82) is 0 Å². The van der Waals surface area contributed by atoms with Crippen molar-refractivity contribution < 1.29 is 9.59 Å². The van der Waals surface area contributed by atoms with Crippen molar-refractivity contribution in [2.75, 3.05) is 5.32 Å². The quantitative estimate of drug-likeness (QED) is 0.697. The molecule has 2 heterocycles. The van der Waals surface area contributed by atoms with Crippen LogP contribution in [0.25, 0.3) is 11.3 Å². The minimum absolute atomic E-state index is 0.00883. The number of benzene rings is 1. The summed E-state index contributed by atoms with van der Waals surface area (Å²) in [5.74, 6) is -0.452. The molecule has 0 atom stereocenters. The average molecular weight is 380 g/mol. The van der Waals surface area contributed by atoms with Gasteiger partial charge in [-0.25, -0.2) is 9.78 Å². The van der Waals surface area contributed by atoms with Crippen LogP contribution in [0.5, 0.6) is 0 Å². The standard InChI is InChI=1S/C19H20N6O3/c1-19(2,3)16(26)11-25-10-15(22-24-25)18(28)20-13-6-4-5-12(9-13)14-7-8-17(27)23-21-14/h4-10H,11H2,1-3H3,(H,20,28)(H,23,27). The fourth-order valence-corrected chi connectivity index (χ4v) is 2.32. The van der Waals surface area contributed by atoms with E-state index in [4.69, 9.17) is 0 Å². The van der Waals surface area contributed by atoms with Gasteiger partial charge in [0.1, 0.15) is 6.54 Å². The molecule has 28 heavy (non-hydrogen) atoms. The summed E-state index contributed by atoms with van der Waals surface area (Å²) < 4.78 is 1.35. The number of aromatic amines is 1. The van der Waals surface area contributed by atoms with E-state index in [9.17, 15) is 14.4 Å². The van der Waals surface area contributed by atoms with E-state index < -0.39 is 11.3 Å². The molecule has 0 aliphatic rings. The first-order valence-corrected chi connectivity index (χ1v) is 8.63. The zero-order chi connectivity index (χ0) is 20.3. The maximum Gasteiger partial charge on any atom is 0.277 e. The fourth-order valence-electron chi connectivity index (χ4n) is 2.32. The zero-order valence-electron chi connectivity index (χ0n) is 15.8. The van der Waals surface area contributed by atoms with Gasteiger partial charge in [-0.2, -0.15) is 5.10 Å². The molecular formula is C19H20N6O3. The Kier molecular flexibility index (Phi) is 5.16. The number of hydrogen-bond donors (Lipinski definition) is 2. The van der Waals surface area contributed by atoms with E-state index in [1.807, 2.05) is 26.8 Å². The number of rotatable bonds is 5. The minimum Gasteiger partial charge on any atom is -0.321 e. The molecule has 0 unspecified atom stereocenters. The number of H-pyrrole nitrogens is 1. The number of nitrogens with zero attached hydrogens (tertiary/aromatic N) is 4. The lowest BCUT2D eigenvalue weighted by Gasteiger charge is -2.15. The maximum absolute atomic E-state index is 12.4. The smallest absolute Gasteiger partial charge is 0.277 e. The molecule has 0 spiro atoms. The van der Waals surface area contributed by atoms with Crippen LogP contribution in [0.2, 0.25) is 0 Å². The molecule has 0 aliphatic carbocycles. The number of aromatic nitrogens is 5. The highest BCUT2D eigenvalue weighted by Crippen LogP contribution is 2.20. The third kappa shape index (κ3) is 4.56. The average Bonchev–Trinajstić information content (AvgIpc) is 3.10. The van der Waals surface area contributed by atoms with Crippen molar-refractivity contribution in [3.05, 3.63) is 58.6 Å². The lowest BCUT2D eigenvalue weighted by molar-refractivity contribution is -0.127. The van der Waals surface area contributed by atoms with Gasteiger partial charge in [-0.15, -0.1) is 5.10 Å². The molecule has 144 valence electrons. The SMILES string of the molecule is CC(C)(C)C(=O)Cn1cc(C(=O)Nc2cccc(-c3ccc(=O)[nH]n3)c2)nn1. The van der Waals surface area contributed by atoms with Crippen molar-refractivity contribution in [3.63, 3.8) is 0 Å². The summed E-state index contributed by atoms with van der Waals surface area (Å²) in [5, 5.41) is 16.8. The second kappa shape index (κ2) is 7.55. The van der Waals surface area contributed by atoms with E-state index in [0.717, 1.165) is 5.56 Å². The predicted octanol–water partition coefficient (Wildman–Crippen LogP) is 1.90. The van der Waals surface area contributed by atoms with E-state index in [-0.39, 0.29) is 23.6 Å². The molecule has 0 radical (unpaired) electrons. The number of ketones is 1. The molecule has 2 aromatic heterocycles. The van der Waals surface area contributed by atoms with Crippen molar-refractivity contribution in [2.24, 2.45) is 5.41 Å². The molecular weight excluding hydrogens is 360 g/mol. The minimum atomic E-state index is -0.495. The van der Waals surface area contributed by atoms with Crippen LogP contribution in [-0.2, 0) is 11.3 Å². The van der Waals surface area contributed by atoms with E-state index in [2.05, 4.69) is 25.8 Å². The second-order valence-corrected chi connectivity index (χ2v) is 7.32. The third-order valence-corrected chi connectivity index (χ3v) is 4.01. The highest BCUT2D eigenvalue weighted by molar-refractivity contribution is 6.02. The molecule has 1 aromatic carbocycles. The number of carbonyl (C=O) groups excluding carboxylic acids is 2. The number of Topliss-reactive ketones (excluding diaryl/α,β-unsaturated/α-hetero) is 1. The van der Waals surface area contributed by atoms with Crippen LogP contribution in [0.15, 0.2) is 47.4 Å². The van der Waals surface area contributed by atoms with Gasteiger partial charge in [0.15, 0.2) is 11.5 Å². The maximum atomic E-state index is 12.4. The first-order valence-electron chi connectivity index (χ1n) is 8.63. The number of hydrogen-bond acceptors (Lipinski definition) is 6. The summed E-state index contributed by atoms with van der Waals surface area (Å²) in [6, 6.07) is 10.00. The molecule has 0 bridgehead atoms. The number of nitrogens with one attached hydrogen (secondary N) is 2. The van der Waals surface area contributed by atoms with Gasteiger partial charge in [-0.3, -0.25) is 14.4 Å². The monoisotopic (exact) mass is 380 g/mol. The lowest BCUT2D eigenvalue weighted by Crippen LogP contribution is -2.25. The molecule has 0 fully saturated rings. The summed E-state index contributed by atoms with van der Waals surface area (Å²) in [4.78, 5) is 35.6. The molecule has 0 aliphatic heterocycles. The van der Waals surface area contributed by atoms with Crippen molar-refractivity contribution >= 4 is 17.4 Å². The van der Waals surface area contributed by atoms with Crippen LogP contribution < -0.4 is 10.9 Å². The Balaban J connectivity index is 1.72. The Hall–Kier alpha value is -3.62. The summed E-state index contributed by atoms with van der Waals surface area (Å²) in [5.41, 5.74) is 1.16. The van der Waals surface area contributed by atoms with Crippen molar-refractivity contribution in [2.45, 2.75) is 27.3 Å². The molecule has 9 heteroatoms. The largest absolute Gasteiger partial charge is 0.321 e. The number of amides is 1. The summed E-state index contributed by atoms with van der Waals surface area (Å²) in [6.07, 6.45) is 1.44. The van der Waals surface area contributed by atoms with Gasteiger partial charge in [-0.05, 0) is 18.2 Å². The van der Waals surface area contributed by atoms with Crippen molar-refractivity contribution in [3.8, 4) is 11.3 Å². The Morgan fingerprint density at radius 3 is 2.64 bits per heavy atom. The molecule has 9 nitrogen and oxygen atoms in total.